The van der Waals surface area contributed by atoms with Crippen LogP contribution in [0.15, 0.2) is 24.3 Å². The van der Waals surface area contributed by atoms with E-state index < -0.39 is 0 Å². The van der Waals surface area contributed by atoms with Crippen LogP contribution in [0.25, 0.3) is 0 Å². The van der Waals surface area contributed by atoms with Crippen molar-refractivity contribution in [1.82, 2.24) is 9.80 Å². The van der Waals surface area contributed by atoms with Crippen LogP contribution >= 0.6 is 12.4 Å². The summed E-state index contributed by atoms with van der Waals surface area (Å²) in [5.74, 6) is 0. The molecule has 0 bridgehead atoms. The number of benzene rings is 1. The third-order valence-electron chi connectivity index (χ3n) is 2.99. The average Bonchev–Trinajstić information content (AvgIpc) is 2.59. The van der Waals surface area contributed by atoms with Gasteiger partial charge in [0.05, 0.1) is 0 Å². The third kappa shape index (κ3) is 3.48. The summed E-state index contributed by atoms with van der Waals surface area (Å²) in [5, 5.41) is 0. The lowest BCUT2D eigenvalue weighted by Gasteiger charge is -2.16. The molecule has 1 aromatic carbocycles. The molecule has 0 radical (unpaired) electrons. The van der Waals surface area contributed by atoms with Gasteiger partial charge in [-0.1, -0.05) is 24.3 Å². The molecule has 0 saturated heterocycles. The lowest BCUT2D eigenvalue weighted by molar-refractivity contribution is 0.262. The Morgan fingerprint density at radius 2 is 1.69 bits per heavy atom. The van der Waals surface area contributed by atoms with E-state index in [2.05, 4.69) is 48.2 Å². The predicted octanol–water partition coefficient (Wildman–Crippen LogP) is 2.38. The maximum absolute atomic E-state index is 2.54. The van der Waals surface area contributed by atoms with Gasteiger partial charge in [-0.15, -0.1) is 12.4 Å². The van der Waals surface area contributed by atoms with Gasteiger partial charge in [0.25, 0.3) is 0 Å². The Balaban J connectivity index is 0.00000128. The van der Waals surface area contributed by atoms with Crippen molar-refractivity contribution < 1.29 is 0 Å². The van der Waals surface area contributed by atoms with Crippen LogP contribution in [0.5, 0.6) is 0 Å². The summed E-state index contributed by atoms with van der Waals surface area (Å²) >= 11 is 0. The average molecular weight is 241 g/mol. The van der Waals surface area contributed by atoms with Gasteiger partial charge < -0.3 is 4.90 Å². The standard InChI is InChI=1S/C13H20N2.ClH/c1-14(2)8-5-9-15-10-12-6-3-4-7-13(12)11-15;/h3-4,6-7H,5,8-11H2,1-2H3;1H. The molecule has 1 aliphatic heterocycles. The lowest BCUT2D eigenvalue weighted by atomic mass is 10.1. The van der Waals surface area contributed by atoms with Gasteiger partial charge in [-0.2, -0.15) is 0 Å². The van der Waals surface area contributed by atoms with Crippen LogP contribution in [0.4, 0.5) is 0 Å². The molecule has 0 aromatic heterocycles. The molecule has 2 rings (SSSR count). The second kappa shape index (κ2) is 6.24. The first-order chi connectivity index (χ1) is 7.25. The van der Waals surface area contributed by atoms with Crippen LogP contribution in [-0.2, 0) is 13.1 Å². The van der Waals surface area contributed by atoms with Crippen LogP contribution < -0.4 is 0 Å². The van der Waals surface area contributed by atoms with Crippen molar-refractivity contribution in [3.05, 3.63) is 35.4 Å². The highest BCUT2D eigenvalue weighted by Gasteiger charge is 2.16. The fraction of sp³-hybridized carbons (Fsp3) is 0.538. The number of rotatable bonds is 4. The largest absolute Gasteiger partial charge is 0.309 e. The lowest BCUT2D eigenvalue weighted by Crippen LogP contribution is -2.22. The van der Waals surface area contributed by atoms with E-state index in [-0.39, 0.29) is 12.4 Å². The molecule has 0 N–H and O–H groups in total. The summed E-state index contributed by atoms with van der Waals surface area (Å²) in [6, 6.07) is 8.78. The van der Waals surface area contributed by atoms with Crippen molar-refractivity contribution in [2.45, 2.75) is 19.5 Å². The summed E-state index contributed by atoms with van der Waals surface area (Å²) < 4.78 is 0. The van der Waals surface area contributed by atoms with Crippen molar-refractivity contribution in [1.29, 1.82) is 0 Å². The molecule has 0 aliphatic carbocycles. The number of halogens is 1. The molecule has 2 nitrogen and oxygen atoms in total. The Bertz CT molecular complexity index is 300. The Labute approximate surface area is 105 Å². The van der Waals surface area contributed by atoms with Crippen LogP contribution in [0.1, 0.15) is 17.5 Å². The SMILES string of the molecule is CN(C)CCCN1Cc2ccccc2C1.Cl. The van der Waals surface area contributed by atoms with Gasteiger partial charge in [-0.3, -0.25) is 4.90 Å². The molecule has 1 aliphatic rings. The highest BCUT2D eigenvalue weighted by molar-refractivity contribution is 5.85. The van der Waals surface area contributed by atoms with E-state index in [1.54, 1.807) is 0 Å². The molecule has 0 amide bonds. The van der Waals surface area contributed by atoms with E-state index in [4.69, 9.17) is 0 Å². The topological polar surface area (TPSA) is 6.48 Å². The van der Waals surface area contributed by atoms with E-state index in [9.17, 15) is 0 Å². The third-order valence-corrected chi connectivity index (χ3v) is 2.99. The van der Waals surface area contributed by atoms with Gasteiger partial charge in [-0.05, 0) is 38.2 Å². The first kappa shape index (κ1) is 13.5. The van der Waals surface area contributed by atoms with Gasteiger partial charge in [0, 0.05) is 19.6 Å². The summed E-state index contributed by atoms with van der Waals surface area (Å²) in [4.78, 5) is 4.79. The number of hydrogen-bond acceptors (Lipinski definition) is 2. The van der Waals surface area contributed by atoms with Crippen LogP contribution in [0, 0.1) is 0 Å². The highest BCUT2D eigenvalue weighted by atomic mass is 35.5. The first-order valence-corrected chi connectivity index (χ1v) is 5.69. The van der Waals surface area contributed by atoms with Crippen LogP contribution in [-0.4, -0.2) is 37.0 Å². The molecule has 3 heteroatoms. The van der Waals surface area contributed by atoms with E-state index in [1.807, 2.05) is 0 Å². The van der Waals surface area contributed by atoms with E-state index in [1.165, 1.54) is 30.6 Å². The van der Waals surface area contributed by atoms with Gasteiger partial charge in [0.1, 0.15) is 0 Å². The molecular weight excluding hydrogens is 220 g/mol. The Morgan fingerprint density at radius 1 is 1.12 bits per heavy atom. The predicted molar refractivity (Wildman–Crippen MR) is 71.0 cm³/mol. The summed E-state index contributed by atoms with van der Waals surface area (Å²) in [7, 11) is 4.28. The maximum Gasteiger partial charge on any atom is 0.0240 e. The zero-order chi connectivity index (χ0) is 10.7. The molecule has 0 atom stereocenters. The number of nitrogens with zero attached hydrogens (tertiary/aromatic N) is 2. The van der Waals surface area contributed by atoms with Gasteiger partial charge in [0.2, 0.25) is 0 Å². The second-order valence-corrected chi connectivity index (χ2v) is 4.64. The Hall–Kier alpha value is -0.570. The van der Waals surface area contributed by atoms with E-state index in [0.29, 0.717) is 0 Å². The maximum atomic E-state index is 2.54. The molecule has 1 aromatic rings. The number of hydrogen-bond donors (Lipinski definition) is 0. The van der Waals surface area contributed by atoms with Crippen molar-refractivity contribution in [3.63, 3.8) is 0 Å². The molecule has 0 saturated carbocycles. The minimum absolute atomic E-state index is 0. The smallest absolute Gasteiger partial charge is 0.0240 e. The van der Waals surface area contributed by atoms with Crippen molar-refractivity contribution in [2.75, 3.05) is 27.2 Å². The Morgan fingerprint density at radius 3 is 2.19 bits per heavy atom. The second-order valence-electron chi connectivity index (χ2n) is 4.64. The van der Waals surface area contributed by atoms with Crippen molar-refractivity contribution in [2.24, 2.45) is 0 Å². The zero-order valence-corrected chi connectivity index (χ0v) is 11.0. The quantitative estimate of drug-likeness (QED) is 0.798. The summed E-state index contributed by atoms with van der Waals surface area (Å²) in [6.45, 7) is 4.69. The fourth-order valence-corrected chi connectivity index (χ4v) is 2.17. The zero-order valence-electron chi connectivity index (χ0n) is 10.1. The summed E-state index contributed by atoms with van der Waals surface area (Å²) in [5.41, 5.74) is 3.03. The molecule has 0 spiro atoms. The molecular formula is C13H21ClN2. The molecule has 1 heterocycles. The highest BCUT2D eigenvalue weighted by Crippen LogP contribution is 2.21. The first-order valence-electron chi connectivity index (χ1n) is 5.69. The number of fused-ring (bicyclic) bond motifs is 1. The molecule has 16 heavy (non-hydrogen) atoms. The van der Waals surface area contributed by atoms with Gasteiger partial charge in [0.15, 0.2) is 0 Å². The van der Waals surface area contributed by atoms with Gasteiger partial charge in [-0.25, -0.2) is 0 Å². The van der Waals surface area contributed by atoms with Gasteiger partial charge >= 0.3 is 0 Å². The van der Waals surface area contributed by atoms with Crippen molar-refractivity contribution >= 4 is 12.4 Å². The van der Waals surface area contributed by atoms with Crippen LogP contribution in [0.3, 0.4) is 0 Å². The Kier molecular flexibility index (Phi) is 5.26. The minimum atomic E-state index is 0. The minimum Gasteiger partial charge on any atom is -0.309 e. The molecule has 0 unspecified atom stereocenters. The van der Waals surface area contributed by atoms with E-state index in [0.717, 1.165) is 13.1 Å². The normalized spacial score (nSPS) is 14.9. The van der Waals surface area contributed by atoms with E-state index >= 15 is 0 Å². The molecule has 0 fully saturated rings. The fourth-order valence-electron chi connectivity index (χ4n) is 2.17. The van der Waals surface area contributed by atoms with Crippen molar-refractivity contribution in [3.8, 4) is 0 Å². The monoisotopic (exact) mass is 240 g/mol. The summed E-state index contributed by atoms with van der Waals surface area (Å²) in [6.07, 6.45) is 1.26. The molecule has 90 valence electrons. The van der Waals surface area contributed by atoms with Crippen LogP contribution in [0.2, 0.25) is 0 Å².